The fraction of sp³-hybridized carbons (Fsp3) is 0.619. The number of ether oxygens (including phenoxy) is 1. The summed E-state index contributed by atoms with van der Waals surface area (Å²) in [6, 6.07) is 6.48. The monoisotopic (exact) mass is 392 g/mol. The van der Waals surface area contributed by atoms with Crippen molar-refractivity contribution in [2.45, 2.75) is 26.2 Å². The van der Waals surface area contributed by atoms with Crippen LogP contribution in [0.5, 0.6) is 0 Å². The molecule has 0 radical (unpaired) electrons. The van der Waals surface area contributed by atoms with Gasteiger partial charge in [0, 0.05) is 39.4 Å². The molecule has 1 unspecified atom stereocenters. The number of halogens is 1. The molecule has 2 saturated heterocycles. The zero-order valence-electron chi connectivity index (χ0n) is 16.4. The molecule has 28 heavy (non-hydrogen) atoms. The summed E-state index contributed by atoms with van der Waals surface area (Å²) in [6.07, 6.45) is 2.01. The number of aliphatic hydroxyl groups excluding tert-OH is 1. The van der Waals surface area contributed by atoms with Crippen molar-refractivity contribution in [2.24, 2.45) is 11.3 Å². The largest absolute Gasteiger partial charge is 0.396 e. The number of aliphatic hydroxyl groups is 1. The van der Waals surface area contributed by atoms with Gasteiger partial charge in [-0.25, -0.2) is 4.39 Å². The molecule has 2 amide bonds. The fourth-order valence-electron chi connectivity index (χ4n) is 4.20. The summed E-state index contributed by atoms with van der Waals surface area (Å²) < 4.78 is 19.5. The topological polar surface area (TPSA) is 70.1 Å². The summed E-state index contributed by atoms with van der Waals surface area (Å²) >= 11 is 0. The smallest absolute Gasteiger partial charge is 0.248 e. The van der Waals surface area contributed by atoms with Gasteiger partial charge in [-0.15, -0.1) is 0 Å². The van der Waals surface area contributed by atoms with Crippen molar-refractivity contribution in [2.75, 3.05) is 46.0 Å². The Kier molecular flexibility index (Phi) is 6.67. The van der Waals surface area contributed by atoms with E-state index in [1.165, 1.54) is 6.07 Å². The molecule has 2 fully saturated rings. The Morgan fingerprint density at radius 2 is 2.04 bits per heavy atom. The predicted octanol–water partition coefficient (Wildman–Crippen LogP) is 1.46. The zero-order valence-corrected chi connectivity index (χ0v) is 16.4. The van der Waals surface area contributed by atoms with Crippen LogP contribution in [0.1, 0.15) is 25.3 Å². The minimum Gasteiger partial charge on any atom is -0.396 e. The Labute approximate surface area is 165 Å². The SMILES string of the molecule is CCOCC(=O)N1CC(Cc2ccccc2F)(C(=O)N2CCCC(CO)C2)C1. The van der Waals surface area contributed by atoms with E-state index in [2.05, 4.69) is 0 Å². The first-order chi connectivity index (χ1) is 13.5. The second-order valence-corrected chi connectivity index (χ2v) is 7.88. The summed E-state index contributed by atoms with van der Waals surface area (Å²) in [7, 11) is 0. The molecule has 2 aliphatic heterocycles. The van der Waals surface area contributed by atoms with Crippen LogP contribution in [0, 0.1) is 17.2 Å². The molecule has 6 nitrogen and oxygen atoms in total. The third kappa shape index (κ3) is 4.36. The molecular formula is C21H29FN2O4. The third-order valence-electron chi connectivity index (χ3n) is 5.77. The molecule has 0 aromatic heterocycles. The standard InChI is InChI=1S/C21H29FN2O4/c1-2-28-13-19(26)24-14-21(15-24,10-17-7-3-4-8-18(17)22)20(27)23-9-5-6-16(11-23)12-25/h3-4,7-8,16,25H,2,5-6,9-15H2,1H3. The highest BCUT2D eigenvalue weighted by molar-refractivity contribution is 5.88. The van der Waals surface area contributed by atoms with Gasteiger partial charge in [-0.3, -0.25) is 9.59 Å². The van der Waals surface area contributed by atoms with E-state index in [1.54, 1.807) is 28.0 Å². The van der Waals surface area contributed by atoms with Crippen LogP contribution in [-0.4, -0.2) is 72.7 Å². The van der Waals surface area contributed by atoms with E-state index < -0.39 is 5.41 Å². The second kappa shape index (κ2) is 9.01. The van der Waals surface area contributed by atoms with Crippen LogP contribution in [0.25, 0.3) is 0 Å². The molecule has 7 heteroatoms. The lowest BCUT2D eigenvalue weighted by molar-refractivity contribution is -0.164. The van der Waals surface area contributed by atoms with Gasteiger partial charge in [0.1, 0.15) is 12.4 Å². The predicted molar refractivity (Wildman–Crippen MR) is 102 cm³/mol. The minimum absolute atomic E-state index is 0.00321. The van der Waals surface area contributed by atoms with Crippen LogP contribution in [0.15, 0.2) is 24.3 Å². The van der Waals surface area contributed by atoms with Crippen molar-refractivity contribution in [1.82, 2.24) is 9.80 Å². The molecule has 1 atom stereocenters. The van der Waals surface area contributed by atoms with Gasteiger partial charge >= 0.3 is 0 Å². The van der Waals surface area contributed by atoms with E-state index in [1.807, 2.05) is 6.92 Å². The van der Waals surface area contributed by atoms with Crippen LogP contribution in [0.2, 0.25) is 0 Å². The lowest BCUT2D eigenvalue weighted by atomic mass is 9.72. The summed E-state index contributed by atoms with van der Waals surface area (Å²) in [5.41, 5.74) is -0.329. The Morgan fingerprint density at radius 1 is 1.29 bits per heavy atom. The molecule has 2 aliphatic rings. The number of carbonyl (C=O) groups is 2. The van der Waals surface area contributed by atoms with Gasteiger partial charge in [0.15, 0.2) is 0 Å². The molecular weight excluding hydrogens is 363 g/mol. The highest BCUT2D eigenvalue weighted by atomic mass is 19.1. The fourth-order valence-corrected chi connectivity index (χ4v) is 4.20. The molecule has 0 bridgehead atoms. The summed E-state index contributed by atoms with van der Waals surface area (Å²) in [5, 5.41) is 9.48. The van der Waals surface area contributed by atoms with Crippen molar-refractivity contribution in [3.63, 3.8) is 0 Å². The summed E-state index contributed by atoms with van der Waals surface area (Å²) in [5.74, 6) is -0.445. The van der Waals surface area contributed by atoms with Crippen molar-refractivity contribution < 1.29 is 23.8 Å². The van der Waals surface area contributed by atoms with Crippen LogP contribution in [-0.2, 0) is 20.7 Å². The normalized spacial score (nSPS) is 21.3. The summed E-state index contributed by atoms with van der Waals surface area (Å²) in [4.78, 5) is 29.1. The van der Waals surface area contributed by atoms with E-state index >= 15 is 0 Å². The van der Waals surface area contributed by atoms with Crippen LogP contribution in [0.4, 0.5) is 4.39 Å². The second-order valence-electron chi connectivity index (χ2n) is 7.88. The van der Waals surface area contributed by atoms with Gasteiger partial charge in [-0.2, -0.15) is 0 Å². The first kappa shape index (κ1) is 20.7. The van der Waals surface area contributed by atoms with Gasteiger partial charge in [-0.1, -0.05) is 18.2 Å². The molecule has 1 aromatic rings. The number of amides is 2. The Morgan fingerprint density at radius 3 is 2.71 bits per heavy atom. The van der Waals surface area contributed by atoms with Crippen molar-refractivity contribution in [1.29, 1.82) is 0 Å². The van der Waals surface area contributed by atoms with Gasteiger partial charge in [0.25, 0.3) is 0 Å². The van der Waals surface area contributed by atoms with E-state index in [-0.39, 0.29) is 56.3 Å². The highest BCUT2D eigenvalue weighted by Crippen LogP contribution is 2.38. The Bertz CT molecular complexity index is 705. The Balaban J connectivity index is 1.77. The number of benzene rings is 1. The average molecular weight is 392 g/mol. The van der Waals surface area contributed by atoms with E-state index in [0.29, 0.717) is 25.3 Å². The average Bonchev–Trinajstić information content (AvgIpc) is 2.69. The van der Waals surface area contributed by atoms with Crippen LogP contribution >= 0.6 is 0 Å². The van der Waals surface area contributed by atoms with Crippen molar-refractivity contribution in [3.05, 3.63) is 35.6 Å². The van der Waals surface area contributed by atoms with Crippen LogP contribution < -0.4 is 0 Å². The highest BCUT2D eigenvalue weighted by Gasteiger charge is 2.53. The number of likely N-dealkylation sites (tertiary alicyclic amines) is 2. The number of carbonyl (C=O) groups excluding carboxylic acids is 2. The molecule has 154 valence electrons. The maximum atomic E-state index is 14.3. The number of hydrogen-bond donors (Lipinski definition) is 1. The molecule has 1 aromatic carbocycles. The lowest BCUT2D eigenvalue weighted by Crippen LogP contribution is -2.67. The molecule has 0 spiro atoms. The molecule has 0 saturated carbocycles. The maximum Gasteiger partial charge on any atom is 0.248 e. The molecule has 0 aliphatic carbocycles. The molecule has 1 N–H and O–H groups in total. The number of nitrogens with zero attached hydrogens (tertiary/aromatic N) is 2. The van der Waals surface area contributed by atoms with Gasteiger partial charge in [0.05, 0.1) is 5.41 Å². The van der Waals surface area contributed by atoms with Crippen molar-refractivity contribution in [3.8, 4) is 0 Å². The Hall–Kier alpha value is -1.99. The van der Waals surface area contributed by atoms with E-state index in [4.69, 9.17) is 4.74 Å². The number of piperidine rings is 1. The lowest BCUT2D eigenvalue weighted by Gasteiger charge is -2.51. The number of rotatable bonds is 7. The third-order valence-corrected chi connectivity index (χ3v) is 5.77. The summed E-state index contributed by atoms with van der Waals surface area (Å²) in [6.45, 7) is 4.03. The van der Waals surface area contributed by atoms with Gasteiger partial charge in [-0.05, 0) is 43.7 Å². The molecule has 3 rings (SSSR count). The van der Waals surface area contributed by atoms with E-state index in [9.17, 15) is 19.1 Å². The number of hydrogen-bond acceptors (Lipinski definition) is 4. The van der Waals surface area contributed by atoms with Crippen LogP contribution in [0.3, 0.4) is 0 Å². The van der Waals surface area contributed by atoms with Gasteiger partial charge in [0.2, 0.25) is 11.8 Å². The first-order valence-corrected chi connectivity index (χ1v) is 9.98. The van der Waals surface area contributed by atoms with Crippen molar-refractivity contribution >= 4 is 11.8 Å². The van der Waals surface area contributed by atoms with Gasteiger partial charge < -0.3 is 19.6 Å². The van der Waals surface area contributed by atoms with E-state index in [0.717, 1.165) is 12.8 Å². The quantitative estimate of drug-likeness (QED) is 0.763. The zero-order chi connectivity index (χ0) is 20.1. The molecule has 2 heterocycles. The first-order valence-electron chi connectivity index (χ1n) is 9.98. The maximum absolute atomic E-state index is 14.3. The minimum atomic E-state index is -0.818.